The van der Waals surface area contributed by atoms with Gasteiger partial charge in [0.15, 0.2) is 0 Å². The van der Waals surface area contributed by atoms with E-state index in [1.165, 1.54) is 30.0 Å². The lowest BCUT2D eigenvalue weighted by Crippen LogP contribution is -2.31. The Bertz CT molecular complexity index is 1630. The maximum atomic E-state index is 9.51. The third-order valence-corrected chi connectivity index (χ3v) is 8.26. The smallest absolute Gasteiger partial charge is 0.432 e. The van der Waals surface area contributed by atoms with E-state index >= 15 is 0 Å². The first-order valence-electron chi connectivity index (χ1n) is 12.1. The third-order valence-electron chi connectivity index (χ3n) is 5.80. The van der Waals surface area contributed by atoms with Crippen LogP contribution in [0.2, 0.25) is 15.1 Å². The Labute approximate surface area is 273 Å². The minimum Gasteiger partial charge on any atom is -0.432 e. The molecule has 42 heavy (non-hydrogen) atoms. The van der Waals surface area contributed by atoms with Crippen molar-refractivity contribution in [2.24, 2.45) is 0 Å². The van der Waals surface area contributed by atoms with E-state index in [0.29, 0.717) is 27.2 Å². The SMILES string of the molecule is OB(O)c1cc(NC(=S)SCc2cccc(-c3cccc(OC(=S)Nc4cc(B(O)O)c(Cl)cc4Cl)c3)c2)ccc1Cl. The molecule has 0 fully saturated rings. The zero-order chi connectivity index (χ0) is 30.4. The summed E-state index contributed by atoms with van der Waals surface area (Å²) in [7, 11) is -3.46. The number of thiocarbonyl (C=S) groups is 2. The summed E-state index contributed by atoms with van der Waals surface area (Å²) in [5.74, 6) is 1.08. The van der Waals surface area contributed by atoms with E-state index < -0.39 is 14.2 Å². The van der Waals surface area contributed by atoms with Crippen molar-refractivity contribution >= 4 is 117 Å². The van der Waals surface area contributed by atoms with Gasteiger partial charge in [0.2, 0.25) is 0 Å². The fraction of sp³-hybridized carbons (Fsp3) is 0.0370. The number of hydrogen-bond acceptors (Lipinski definition) is 8. The zero-order valence-corrected chi connectivity index (χ0v) is 26.1. The molecule has 0 aliphatic rings. The van der Waals surface area contributed by atoms with Crippen LogP contribution in [0.1, 0.15) is 5.56 Å². The molecule has 0 saturated carbocycles. The van der Waals surface area contributed by atoms with Gasteiger partial charge in [0, 0.05) is 32.4 Å². The number of anilines is 2. The number of halogens is 3. The van der Waals surface area contributed by atoms with Gasteiger partial charge in [-0.1, -0.05) is 95.2 Å². The Hall–Kier alpha value is -2.35. The second kappa shape index (κ2) is 14.9. The van der Waals surface area contributed by atoms with Crippen molar-refractivity contribution in [3.8, 4) is 16.9 Å². The Morgan fingerprint density at radius 1 is 0.738 bits per heavy atom. The predicted molar refractivity (Wildman–Crippen MR) is 184 cm³/mol. The van der Waals surface area contributed by atoms with E-state index in [4.69, 9.17) is 64.0 Å². The van der Waals surface area contributed by atoms with E-state index in [1.807, 2.05) is 42.5 Å². The summed E-state index contributed by atoms with van der Waals surface area (Å²) in [6.45, 7) is 0. The van der Waals surface area contributed by atoms with Gasteiger partial charge in [-0.25, -0.2) is 0 Å². The molecule has 214 valence electrons. The van der Waals surface area contributed by atoms with Crippen LogP contribution in [0.5, 0.6) is 5.75 Å². The maximum absolute atomic E-state index is 9.51. The van der Waals surface area contributed by atoms with E-state index in [2.05, 4.69) is 10.6 Å². The first-order valence-corrected chi connectivity index (χ1v) is 15.1. The molecule has 0 saturated heterocycles. The molecule has 0 spiro atoms. The predicted octanol–water partition coefficient (Wildman–Crippen LogP) is 5.08. The van der Waals surface area contributed by atoms with Crippen LogP contribution in [0.4, 0.5) is 11.4 Å². The second-order valence-corrected chi connectivity index (χ2v) is 12.0. The Kier molecular flexibility index (Phi) is 11.5. The van der Waals surface area contributed by atoms with Crippen molar-refractivity contribution in [1.29, 1.82) is 0 Å². The summed E-state index contributed by atoms with van der Waals surface area (Å²) in [5, 5.41) is 44.5. The second-order valence-electron chi connectivity index (χ2n) is 8.78. The van der Waals surface area contributed by atoms with Crippen LogP contribution < -0.4 is 26.3 Å². The molecular formula is C27H21B2Cl3N2O5S3. The average molecular weight is 678 g/mol. The molecule has 0 aromatic heterocycles. The standard InChI is InChI=1S/C27H21B2Cl3N2O5S3/c30-22-8-7-18(11-20(22)28(35)36)33-27(41)42-14-15-3-1-4-16(9-15)17-5-2-6-19(10-17)39-26(40)34-25-12-21(29(37)38)23(31)13-24(25)32/h1-13,35-38H,14H2,(H,33,41)(H,34,40). The Morgan fingerprint density at radius 3 is 2.12 bits per heavy atom. The van der Waals surface area contributed by atoms with Gasteiger partial charge in [-0.15, -0.1) is 0 Å². The molecule has 4 aromatic carbocycles. The fourth-order valence-electron chi connectivity index (χ4n) is 3.80. The van der Waals surface area contributed by atoms with Crippen molar-refractivity contribution in [3.05, 3.63) is 99.5 Å². The maximum Gasteiger partial charge on any atom is 0.490 e. The molecule has 0 atom stereocenters. The van der Waals surface area contributed by atoms with Crippen LogP contribution in [0.25, 0.3) is 11.1 Å². The fourth-order valence-corrected chi connectivity index (χ4v) is 5.72. The summed E-state index contributed by atoms with van der Waals surface area (Å²) in [5.41, 5.74) is 4.06. The summed E-state index contributed by atoms with van der Waals surface area (Å²) >= 11 is 30.4. The lowest BCUT2D eigenvalue weighted by molar-refractivity contribution is 0.424. The molecule has 7 nitrogen and oxygen atoms in total. The van der Waals surface area contributed by atoms with Gasteiger partial charge in [0.25, 0.3) is 5.17 Å². The molecule has 15 heteroatoms. The van der Waals surface area contributed by atoms with Gasteiger partial charge in [-0.3, -0.25) is 0 Å². The van der Waals surface area contributed by atoms with Gasteiger partial charge in [0.05, 0.1) is 10.7 Å². The lowest BCUT2D eigenvalue weighted by atomic mass is 9.80. The van der Waals surface area contributed by atoms with E-state index in [-0.39, 0.29) is 31.2 Å². The number of hydrogen-bond donors (Lipinski definition) is 6. The van der Waals surface area contributed by atoms with E-state index in [0.717, 1.165) is 16.7 Å². The average Bonchev–Trinajstić information content (AvgIpc) is 2.94. The number of benzene rings is 4. The highest BCUT2D eigenvalue weighted by Gasteiger charge is 2.19. The number of ether oxygens (including phenoxy) is 1. The van der Waals surface area contributed by atoms with Crippen LogP contribution >= 0.6 is 71.0 Å². The van der Waals surface area contributed by atoms with Gasteiger partial charge < -0.3 is 35.5 Å². The highest BCUT2D eigenvalue weighted by atomic mass is 35.5. The molecular weight excluding hydrogens is 656 g/mol. The molecule has 0 bridgehead atoms. The summed E-state index contributed by atoms with van der Waals surface area (Å²) in [6.07, 6.45) is 0. The lowest BCUT2D eigenvalue weighted by Gasteiger charge is -2.14. The van der Waals surface area contributed by atoms with Crippen molar-refractivity contribution in [3.63, 3.8) is 0 Å². The van der Waals surface area contributed by atoms with Gasteiger partial charge in [0.1, 0.15) is 10.1 Å². The molecule has 6 N–H and O–H groups in total. The quantitative estimate of drug-likeness (QED) is 0.112. The van der Waals surface area contributed by atoms with Crippen LogP contribution in [0.3, 0.4) is 0 Å². The first-order chi connectivity index (χ1) is 20.0. The number of nitrogens with one attached hydrogen (secondary N) is 2. The van der Waals surface area contributed by atoms with Crippen molar-refractivity contribution in [1.82, 2.24) is 0 Å². The van der Waals surface area contributed by atoms with E-state index in [9.17, 15) is 20.1 Å². The first kappa shape index (κ1) is 32.6. The molecule has 4 aromatic rings. The van der Waals surface area contributed by atoms with Crippen molar-refractivity contribution in [2.75, 3.05) is 10.6 Å². The summed E-state index contributed by atoms with van der Waals surface area (Å²) in [4.78, 5) is 0. The van der Waals surface area contributed by atoms with Crippen LogP contribution in [-0.2, 0) is 5.75 Å². The van der Waals surface area contributed by atoms with Gasteiger partial charge >= 0.3 is 14.2 Å². The van der Waals surface area contributed by atoms with Crippen molar-refractivity contribution < 1.29 is 24.8 Å². The van der Waals surface area contributed by atoms with Crippen LogP contribution in [0, 0.1) is 0 Å². The molecule has 0 aliphatic heterocycles. The van der Waals surface area contributed by atoms with Gasteiger partial charge in [-0.2, -0.15) is 0 Å². The van der Waals surface area contributed by atoms with E-state index in [1.54, 1.807) is 18.2 Å². The molecule has 4 rings (SSSR count). The minimum atomic E-state index is -1.78. The summed E-state index contributed by atoms with van der Waals surface area (Å²) < 4.78 is 6.31. The molecule has 0 amide bonds. The largest absolute Gasteiger partial charge is 0.490 e. The molecule has 0 heterocycles. The van der Waals surface area contributed by atoms with Crippen LogP contribution in [-0.4, -0.2) is 43.8 Å². The molecule has 0 unspecified atom stereocenters. The number of rotatable bonds is 8. The molecule has 0 aliphatic carbocycles. The Balaban J connectivity index is 1.39. The zero-order valence-electron chi connectivity index (χ0n) is 21.4. The normalized spacial score (nSPS) is 10.6. The highest BCUT2D eigenvalue weighted by molar-refractivity contribution is 8.22. The third kappa shape index (κ3) is 8.84. The molecule has 0 radical (unpaired) electrons. The highest BCUT2D eigenvalue weighted by Crippen LogP contribution is 2.28. The Morgan fingerprint density at radius 2 is 1.40 bits per heavy atom. The van der Waals surface area contributed by atoms with Crippen LogP contribution in [0.15, 0.2) is 78.9 Å². The summed E-state index contributed by atoms with van der Waals surface area (Å²) in [6, 6.07) is 22.9. The minimum absolute atomic E-state index is 0.00206. The topological polar surface area (TPSA) is 114 Å². The van der Waals surface area contributed by atoms with Gasteiger partial charge in [-0.05, 0) is 71.4 Å². The monoisotopic (exact) mass is 676 g/mol. The number of thioether (sulfide) groups is 1. The van der Waals surface area contributed by atoms with Crippen molar-refractivity contribution in [2.45, 2.75) is 5.75 Å².